The zero-order valence-corrected chi connectivity index (χ0v) is 32.5. The summed E-state index contributed by atoms with van der Waals surface area (Å²) in [6, 6.07) is 10.3. The number of nitrogens with zero attached hydrogens (tertiary/aromatic N) is 4. The average molecular weight is 796 g/mol. The van der Waals surface area contributed by atoms with Crippen LogP contribution in [0.3, 0.4) is 0 Å². The van der Waals surface area contributed by atoms with Crippen molar-refractivity contribution in [3.63, 3.8) is 0 Å². The molecular formula is C43H47F2N7O6. The number of amidine groups is 1. The van der Waals surface area contributed by atoms with Crippen LogP contribution in [0, 0.1) is 18.6 Å². The molecule has 0 bridgehead atoms. The van der Waals surface area contributed by atoms with Crippen LogP contribution in [-0.2, 0) is 14.4 Å². The molecule has 4 heterocycles. The van der Waals surface area contributed by atoms with Crippen molar-refractivity contribution in [2.45, 2.75) is 64.3 Å². The van der Waals surface area contributed by atoms with Gasteiger partial charge in [0.2, 0.25) is 17.7 Å². The highest BCUT2D eigenvalue weighted by Gasteiger charge is 2.45. The lowest BCUT2D eigenvalue weighted by molar-refractivity contribution is -0.136. The molecule has 3 aromatic carbocycles. The van der Waals surface area contributed by atoms with E-state index in [-0.39, 0.29) is 59.1 Å². The van der Waals surface area contributed by atoms with Crippen molar-refractivity contribution in [1.82, 2.24) is 20.0 Å². The second-order valence-electron chi connectivity index (χ2n) is 14.8. The first-order valence-electron chi connectivity index (χ1n) is 19.9. The second kappa shape index (κ2) is 17.6. The largest absolute Gasteiger partial charge is 0.493 e. The summed E-state index contributed by atoms with van der Waals surface area (Å²) in [6.07, 6.45) is 6.73. The average Bonchev–Trinajstić information content (AvgIpc) is 3.47. The number of amides is 5. The molecule has 0 aromatic heterocycles. The Morgan fingerprint density at radius 1 is 0.931 bits per heavy atom. The molecule has 0 spiro atoms. The predicted molar refractivity (Wildman–Crippen MR) is 215 cm³/mol. The van der Waals surface area contributed by atoms with Gasteiger partial charge >= 0.3 is 0 Å². The lowest BCUT2D eigenvalue weighted by atomic mass is 9.93. The summed E-state index contributed by atoms with van der Waals surface area (Å²) in [5, 5.41) is 8.55. The van der Waals surface area contributed by atoms with Gasteiger partial charge in [0.05, 0.1) is 29.0 Å². The van der Waals surface area contributed by atoms with Gasteiger partial charge in [-0.15, -0.1) is 0 Å². The van der Waals surface area contributed by atoms with Crippen molar-refractivity contribution >= 4 is 46.7 Å². The van der Waals surface area contributed by atoms with Crippen LogP contribution >= 0.6 is 0 Å². The molecule has 58 heavy (non-hydrogen) atoms. The number of aryl methyl sites for hydroxylation is 1. The first-order chi connectivity index (χ1) is 28.1. The number of benzene rings is 3. The summed E-state index contributed by atoms with van der Waals surface area (Å²) in [4.78, 5) is 71.9. The maximum absolute atomic E-state index is 16.4. The van der Waals surface area contributed by atoms with Crippen molar-refractivity contribution in [1.29, 1.82) is 0 Å². The van der Waals surface area contributed by atoms with Gasteiger partial charge < -0.3 is 25.2 Å². The molecule has 1 atom stereocenters. The van der Waals surface area contributed by atoms with Gasteiger partial charge in [-0.25, -0.2) is 13.8 Å². The maximum Gasteiger partial charge on any atom is 0.264 e. The Hall–Kier alpha value is -6.12. The fourth-order valence-electron chi connectivity index (χ4n) is 8.12. The number of rotatable bonds is 14. The molecule has 2 saturated heterocycles. The molecule has 13 nitrogen and oxygen atoms in total. The highest BCUT2D eigenvalue weighted by molar-refractivity contribution is 6.25. The number of halogens is 2. The number of carbonyl (C=O) groups is 5. The van der Waals surface area contributed by atoms with Gasteiger partial charge in [-0.3, -0.25) is 34.2 Å². The minimum absolute atomic E-state index is 0.0614. The Balaban J connectivity index is 0.882. The van der Waals surface area contributed by atoms with Crippen molar-refractivity contribution in [3.8, 4) is 16.9 Å². The molecule has 4 aliphatic heterocycles. The zero-order chi connectivity index (χ0) is 40.9. The lowest BCUT2D eigenvalue weighted by Gasteiger charge is -2.37. The monoisotopic (exact) mass is 795 g/mol. The van der Waals surface area contributed by atoms with Crippen LogP contribution < -0.4 is 20.7 Å². The van der Waals surface area contributed by atoms with Crippen LogP contribution in [0.15, 0.2) is 60.1 Å². The van der Waals surface area contributed by atoms with E-state index in [1.54, 1.807) is 42.2 Å². The van der Waals surface area contributed by atoms with Gasteiger partial charge in [0.25, 0.3) is 11.8 Å². The number of aliphatic imine (C=N–C) groups is 1. The number of ether oxygens (including phenoxy) is 1. The number of piperidine rings is 1. The van der Waals surface area contributed by atoms with Gasteiger partial charge in [0, 0.05) is 56.0 Å². The molecule has 0 aliphatic carbocycles. The number of unbranched alkanes of at least 4 members (excludes halogenated alkanes) is 5. The third-order valence-electron chi connectivity index (χ3n) is 11.1. The highest BCUT2D eigenvalue weighted by atomic mass is 19.1. The number of piperazine rings is 1. The normalized spacial score (nSPS) is 17.7. The molecule has 15 heteroatoms. The maximum atomic E-state index is 16.4. The minimum atomic E-state index is -1.01. The van der Waals surface area contributed by atoms with E-state index in [0.717, 1.165) is 43.4 Å². The van der Waals surface area contributed by atoms with Crippen LogP contribution in [0.4, 0.5) is 20.2 Å². The molecule has 2 fully saturated rings. The molecule has 0 saturated carbocycles. The van der Waals surface area contributed by atoms with Gasteiger partial charge in [-0.2, -0.15) is 0 Å². The van der Waals surface area contributed by atoms with Crippen LogP contribution in [-0.4, -0.2) is 102 Å². The number of hydrogen-bond acceptors (Lipinski definition) is 10. The van der Waals surface area contributed by atoms with E-state index in [1.807, 2.05) is 11.0 Å². The molecular weight excluding hydrogens is 749 g/mol. The molecule has 5 amide bonds. The Morgan fingerprint density at radius 3 is 2.43 bits per heavy atom. The molecule has 3 aromatic rings. The van der Waals surface area contributed by atoms with Gasteiger partial charge in [0.1, 0.15) is 30.1 Å². The van der Waals surface area contributed by atoms with E-state index in [9.17, 15) is 24.0 Å². The fourth-order valence-corrected chi connectivity index (χ4v) is 8.12. The van der Waals surface area contributed by atoms with E-state index >= 15 is 8.78 Å². The number of imide groups is 2. The van der Waals surface area contributed by atoms with Crippen LogP contribution in [0.5, 0.6) is 5.75 Å². The number of hydrogen-bond donors (Lipinski definition) is 3. The number of carbonyl (C=O) groups excluding carboxylic acids is 5. The summed E-state index contributed by atoms with van der Waals surface area (Å²) < 4.78 is 38.1. The third-order valence-corrected chi connectivity index (χ3v) is 11.1. The fraction of sp³-hybridized carbons (Fsp3) is 0.395. The molecule has 7 rings (SSSR count). The topological polar surface area (TPSA) is 153 Å². The van der Waals surface area contributed by atoms with E-state index in [1.165, 1.54) is 12.1 Å². The number of nitrogens with one attached hydrogen (secondary N) is 3. The van der Waals surface area contributed by atoms with Crippen molar-refractivity contribution in [2.24, 2.45) is 4.99 Å². The van der Waals surface area contributed by atoms with E-state index in [2.05, 4.69) is 27.5 Å². The number of fused-ring (bicyclic) bond motifs is 2. The first kappa shape index (κ1) is 40.1. The highest BCUT2D eigenvalue weighted by Crippen LogP contribution is 2.41. The quantitative estimate of drug-likeness (QED) is 0.107. The number of anilines is 2. The summed E-state index contributed by atoms with van der Waals surface area (Å²) in [7, 11) is 0. The lowest BCUT2D eigenvalue weighted by Crippen LogP contribution is -2.54. The summed E-state index contributed by atoms with van der Waals surface area (Å²) in [6.45, 7) is 8.49. The Bertz CT molecular complexity index is 2180. The standard InChI is InChI=1S/C43H47F2N7O6/c1-3-34(54)50-19-21-51(22-20-50)40-28-24-26(2)35(38(45)39(28)47-25-48-40)37-29(44)13-11-15-32(37)58-23-9-7-5-4-6-8-18-46-30-14-10-12-27-36(30)43(57)52(42(27)56)31-16-17-33(53)49-41(31)55/h3,10-15,24,31,46-47H,1,4-9,16-23,25H2,2H3,(H,49,53,55). The van der Waals surface area contributed by atoms with Gasteiger partial charge in [0.15, 0.2) is 5.82 Å². The summed E-state index contributed by atoms with van der Waals surface area (Å²) in [5.41, 5.74) is 2.63. The van der Waals surface area contributed by atoms with Crippen molar-refractivity contribution < 1.29 is 37.5 Å². The van der Waals surface area contributed by atoms with Crippen molar-refractivity contribution in [3.05, 3.63) is 89.0 Å². The molecule has 0 radical (unpaired) electrons. The zero-order valence-electron chi connectivity index (χ0n) is 32.5. The molecule has 1 unspecified atom stereocenters. The van der Waals surface area contributed by atoms with Crippen LogP contribution in [0.2, 0.25) is 0 Å². The van der Waals surface area contributed by atoms with E-state index < -0.39 is 41.3 Å². The summed E-state index contributed by atoms with van der Waals surface area (Å²) >= 11 is 0. The van der Waals surface area contributed by atoms with Gasteiger partial charge in [-0.05, 0) is 68.2 Å². The first-order valence-corrected chi connectivity index (χ1v) is 19.9. The van der Waals surface area contributed by atoms with E-state index in [4.69, 9.17) is 4.74 Å². The molecule has 3 N–H and O–H groups in total. The molecule has 304 valence electrons. The molecule has 4 aliphatic rings. The third kappa shape index (κ3) is 8.02. The smallest absolute Gasteiger partial charge is 0.264 e. The van der Waals surface area contributed by atoms with Crippen molar-refractivity contribution in [2.75, 3.05) is 56.6 Å². The van der Waals surface area contributed by atoms with Crippen LogP contribution in [0.25, 0.3) is 11.1 Å². The Kier molecular flexibility index (Phi) is 12.1. The summed E-state index contributed by atoms with van der Waals surface area (Å²) in [5.74, 6) is -2.50. The van der Waals surface area contributed by atoms with Gasteiger partial charge in [-0.1, -0.05) is 44.4 Å². The SMILES string of the molecule is C=CC(=O)N1CCN(C2=NCNc3c2cc(C)c(-c2c(F)cccc2OCCCCCCCCNc2cccc4c2C(=O)N(C2CCC(=O)NC2=O)C4=O)c3F)CC1. The predicted octanol–water partition coefficient (Wildman–Crippen LogP) is 5.63. The van der Waals surface area contributed by atoms with E-state index in [0.29, 0.717) is 62.0 Å². The van der Waals surface area contributed by atoms with Crippen LogP contribution in [0.1, 0.15) is 83.2 Å². The second-order valence-corrected chi connectivity index (χ2v) is 14.8. The minimum Gasteiger partial charge on any atom is -0.493 e. The Labute approximate surface area is 335 Å². The Morgan fingerprint density at radius 2 is 1.67 bits per heavy atom.